The van der Waals surface area contributed by atoms with Gasteiger partial charge in [-0.3, -0.25) is 4.90 Å². The van der Waals surface area contributed by atoms with E-state index in [9.17, 15) is 13.2 Å². The zero-order valence-electron chi connectivity index (χ0n) is 17.1. The molecule has 2 heterocycles. The van der Waals surface area contributed by atoms with E-state index in [2.05, 4.69) is 10.2 Å². The number of hydrogen-bond acceptors (Lipinski definition) is 7. The first-order valence-corrected chi connectivity index (χ1v) is 12.3. The number of nitrogens with zero attached hydrogens (tertiary/aromatic N) is 4. The summed E-state index contributed by atoms with van der Waals surface area (Å²) in [5, 5.41) is 11.9. The molecule has 3 aliphatic rings. The molecule has 2 aliphatic heterocycles. The second kappa shape index (κ2) is 8.98. The van der Waals surface area contributed by atoms with Crippen LogP contribution in [0, 0.1) is 17.2 Å². The van der Waals surface area contributed by atoms with Crippen LogP contribution in [-0.2, 0) is 14.8 Å². The monoisotopic (exact) mass is 463 g/mol. The summed E-state index contributed by atoms with van der Waals surface area (Å²) in [4.78, 5) is 16.9. The summed E-state index contributed by atoms with van der Waals surface area (Å²) in [5.74, 6) is 0.000311. The first-order chi connectivity index (χ1) is 14.9. The fourth-order valence-electron chi connectivity index (χ4n) is 3.78. The number of ether oxygens (including phenoxy) is 1. The number of rotatable bonds is 7. The van der Waals surface area contributed by atoms with E-state index in [4.69, 9.17) is 22.2 Å². The van der Waals surface area contributed by atoms with Crippen molar-refractivity contribution in [3.05, 3.63) is 24.3 Å². The maximum absolute atomic E-state index is 12.3. The van der Waals surface area contributed by atoms with Gasteiger partial charge in [0.05, 0.1) is 24.1 Å². The predicted molar refractivity (Wildman–Crippen MR) is 121 cm³/mol. The number of piperazine rings is 1. The molecule has 1 saturated carbocycles. The van der Waals surface area contributed by atoms with Crippen molar-refractivity contribution in [2.75, 3.05) is 54.8 Å². The molecule has 1 aromatic rings. The summed E-state index contributed by atoms with van der Waals surface area (Å²) in [5.41, 5.74) is 1.72. The summed E-state index contributed by atoms with van der Waals surface area (Å²) < 4.78 is 30.9. The first kappa shape index (κ1) is 21.8. The van der Waals surface area contributed by atoms with Crippen molar-refractivity contribution in [3.8, 4) is 6.07 Å². The topological polar surface area (TPSA) is 106 Å². The number of hydrogen-bond donors (Lipinski definition) is 1. The Hall–Kier alpha value is -2.42. The third-order valence-electron chi connectivity index (χ3n) is 5.73. The van der Waals surface area contributed by atoms with Gasteiger partial charge in [0.25, 0.3) is 0 Å². The molecule has 2 saturated heterocycles. The zero-order valence-corrected chi connectivity index (χ0v) is 18.7. The van der Waals surface area contributed by atoms with Gasteiger partial charge in [-0.1, -0.05) is 12.2 Å². The largest absolute Gasteiger partial charge is 0.442 e. The van der Waals surface area contributed by atoms with E-state index >= 15 is 0 Å². The highest BCUT2D eigenvalue weighted by Gasteiger charge is 2.34. The van der Waals surface area contributed by atoms with E-state index < -0.39 is 15.8 Å². The van der Waals surface area contributed by atoms with Gasteiger partial charge in [0.2, 0.25) is 10.0 Å². The van der Waals surface area contributed by atoms with Crippen LogP contribution in [0.3, 0.4) is 0 Å². The Labute approximate surface area is 187 Å². The van der Waals surface area contributed by atoms with Crippen molar-refractivity contribution in [2.24, 2.45) is 5.92 Å². The maximum Gasteiger partial charge on any atom is 0.414 e. The lowest BCUT2D eigenvalue weighted by Crippen LogP contribution is -2.49. The number of benzene rings is 1. The second-order valence-electron chi connectivity index (χ2n) is 7.95. The van der Waals surface area contributed by atoms with Crippen LogP contribution in [0.1, 0.15) is 12.8 Å². The summed E-state index contributed by atoms with van der Waals surface area (Å²) in [6.07, 6.45) is 1.67. The van der Waals surface area contributed by atoms with Crippen LogP contribution in [-0.4, -0.2) is 74.9 Å². The van der Waals surface area contributed by atoms with Gasteiger partial charge in [0.1, 0.15) is 6.10 Å². The van der Waals surface area contributed by atoms with Gasteiger partial charge in [0, 0.05) is 43.5 Å². The standard InChI is InChI=1S/C20H25N5O4S2/c21-7-12-31(27,28)24-10-8-23(9-11-24)16-3-5-17(6-4-16)25-14-18(29-20(25)26)13-22-19(30)15-1-2-15/h3-6,15,18H,1-2,8-14H2,(H,22,30)/t18-/m0/s1. The molecule has 0 unspecified atom stereocenters. The molecule has 1 atom stereocenters. The van der Waals surface area contributed by atoms with E-state index in [1.54, 1.807) is 11.0 Å². The van der Waals surface area contributed by atoms with Gasteiger partial charge in [-0.15, -0.1) is 0 Å². The molecule has 31 heavy (non-hydrogen) atoms. The summed E-state index contributed by atoms with van der Waals surface area (Å²) in [7, 11) is -3.51. The van der Waals surface area contributed by atoms with Crippen LogP contribution in [0.5, 0.6) is 0 Å². The summed E-state index contributed by atoms with van der Waals surface area (Å²) >= 11 is 5.32. The van der Waals surface area contributed by atoms with Crippen molar-refractivity contribution in [2.45, 2.75) is 18.9 Å². The molecule has 9 nitrogen and oxygen atoms in total. The SMILES string of the molecule is N#CCS(=O)(=O)N1CCN(c2ccc(N3C[C@H](CNC(=S)C4CC4)OC3=O)cc2)CC1. The molecule has 0 spiro atoms. The van der Waals surface area contributed by atoms with E-state index in [1.807, 2.05) is 24.3 Å². The Kier molecular flexibility index (Phi) is 6.31. The van der Waals surface area contributed by atoms with Crippen molar-refractivity contribution >= 4 is 44.7 Å². The van der Waals surface area contributed by atoms with Crippen LogP contribution in [0.15, 0.2) is 24.3 Å². The highest BCUT2D eigenvalue weighted by Crippen LogP contribution is 2.30. The smallest absolute Gasteiger partial charge is 0.414 e. The van der Waals surface area contributed by atoms with Crippen molar-refractivity contribution in [1.82, 2.24) is 9.62 Å². The van der Waals surface area contributed by atoms with Gasteiger partial charge < -0.3 is 15.0 Å². The van der Waals surface area contributed by atoms with Crippen LogP contribution in [0.4, 0.5) is 16.2 Å². The minimum atomic E-state index is -3.51. The third-order valence-corrected chi connectivity index (χ3v) is 7.86. The molecule has 3 fully saturated rings. The van der Waals surface area contributed by atoms with Crippen LogP contribution in [0.2, 0.25) is 0 Å². The zero-order chi connectivity index (χ0) is 22.0. The van der Waals surface area contributed by atoms with Gasteiger partial charge in [-0.25, -0.2) is 13.2 Å². The molecule has 0 radical (unpaired) electrons. The second-order valence-corrected chi connectivity index (χ2v) is 10.4. The molecular weight excluding hydrogens is 438 g/mol. The van der Waals surface area contributed by atoms with E-state index in [-0.39, 0.29) is 12.2 Å². The minimum absolute atomic E-state index is 0.243. The molecule has 11 heteroatoms. The molecule has 1 amide bonds. The Morgan fingerprint density at radius 1 is 1.16 bits per heavy atom. The van der Waals surface area contributed by atoms with Crippen molar-refractivity contribution < 1.29 is 17.9 Å². The van der Waals surface area contributed by atoms with Crippen molar-refractivity contribution in [1.29, 1.82) is 5.26 Å². The van der Waals surface area contributed by atoms with Gasteiger partial charge >= 0.3 is 6.09 Å². The lowest BCUT2D eigenvalue weighted by atomic mass is 10.2. The Morgan fingerprint density at radius 2 is 1.81 bits per heavy atom. The van der Waals surface area contributed by atoms with Gasteiger partial charge in [0.15, 0.2) is 5.75 Å². The van der Waals surface area contributed by atoms with E-state index in [1.165, 1.54) is 4.31 Å². The molecule has 1 aliphatic carbocycles. The third kappa shape index (κ3) is 5.08. The minimum Gasteiger partial charge on any atom is -0.442 e. The molecular formula is C20H25N5O4S2. The van der Waals surface area contributed by atoms with Crippen LogP contribution < -0.4 is 15.1 Å². The number of carbonyl (C=O) groups is 1. The molecule has 1 N–H and O–H groups in total. The van der Waals surface area contributed by atoms with Crippen LogP contribution >= 0.6 is 12.2 Å². The van der Waals surface area contributed by atoms with Crippen LogP contribution in [0.25, 0.3) is 0 Å². The molecule has 0 aromatic heterocycles. The Morgan fingerprint density at radius 3 is 2.42 bits per heavy atom. The average molecular weight is 464 g/mol. The fourth-order valence-corrected chi connectivity index (χ4v) is 5.17. The van der Waals surface area contributed by atoms with Crippen molar-refractivity contribution in [3.63, 3.8) is 0 Å². The lowest BCUT2D eigenvalue weighted by Gasteiger charge is -2.35. The fraction of sp³-hybridized carbons (Fsp3) is 0.550. The van der Waals surface area contributed by atoms with E-state index in [0.29, 0.717) is 45.2 Å². The van der Waals surface area contributed by atoms with Gasteiger partial charge in [-0.2, -0.15) is 9.57 Å². The number of sulfonamides is 1. The summed E-state index contributed by atoms with van der Waals surface area (Å²) in [6, 6.07) is 9.32. The van der Waals surface area contributed by atoms with E-state index in [0.717, 1.165) is 29.2 Å². The number of thiocarbonyl (C=S) groups is 1. The summed E-state index contributed by atoms with van der Waals surface area (Å²) in [6.45, 7) is 2.78. The lowest BCUT2D eigenvalue weighted by molar-refractivity contribution is 0.143. The number of carbonyl (C=O) groups excluding carboxylic acids is 1. The quantitative estimate of drug-likeness (QED) is 0.604. The highest BCUT2D eigenvalue weighted by atomic mass is 32.2. The average Bonchev–Trinajstić information content (AvgIpc) is 3.55. The Balaban J connectivity index is 1.31. The molecule has 166 valence electrons. The first-order valence-electron chi connectivity index (χ1n) is 10.3. The molecule has 4 rings (SSSR count). The Bertz CT molecular complexity index is 980. The molecule has 1 aromatic carbocycles. The number of nitrogens with one attached hydrogen (secondary N) is 1. The number of cyclic esters (lactones) is 1. The number of nitriles is 1. The predicted octanol–water partition coefficient (Wildman–Crippen LogP) is 1.31. The highest BCUT2D eigenvalue weighted by molar-refractivity contribution is 7.89. The normalized spacial score (nSPS) is 22.2. The maximum atomic E-state index is 12.3. The molecule has 0 bridgehead atoms. The van der Waals surface area contributed by atoms with Gasteiger partial charge in [-0.05, 0) is 37.1 Å². The number of amides is 1. The number of anilines is 2.